The molecule has 0 aliphatic carbocycles. The number of hydrogen-bond donors (Lipinski definition) is 2. The van der Waals surface area contributed by atoms with Crippen molar-refractivity contribution < 1.29 is 4.79 Å². The fourth-order valence-electron chi connectivity index (χ4n) is 2.09. The van der Waals surface area contributed by atoms with Gasteiger partial charge in [-0.3, -0.25) is 9.89 Å². The predicted molar refractivity (Wildman–Crippen MR) is 91.3 cm³/mol. The number of nitrogens with zero attached hydrogens (tertiary/aromatic N) is 2. The molecule has 0 aliphatic rings. The quantitative estimate of drug-likeness (QED) is 0.716. The molecular weight excluding hydrogens is 312 g/mol. The van der Waals surface area contributed by atoms with Crippen molar-refractivity contribution in [1.82, 2.24) is 10.2 Å². The second-order valence-electron chi connectivity index (χ2n) is 4.70. The number of amides is 1. The van der Waals surface area contributed by atoms with Gasteiger partial charge >= 0.3 is 0 Å². The fourth-order valence-corrected chi connectivity index (χ4v) is 2.33. The molecule has 1 heterocycles. The van der Waals surface area contributed by atoms with Crippen molar-refractivity contribution in [3.8, 4) is 6.07 Å². The highest BCUT2D eigenvalue weighted by Crippen LogP contribution is 2.22. The first-order chi connectivity index (χ1) is 11.2. The number of carbonyl (C=O) groups is 1. The number of anilines is 1. The molecular formula is C17H15ClN4O. The molecule has 0 fully saturated rings. The van der Waals surface area contributed by atoms with Crippen LogP contribution in [0.3, 0.4) is 0 Å². The zero-order valence-corrected chi connectivity index (χ0v) is 13.3. The monoisotopic (exact) mass is 326 g/mol. The molecule has 6 heteroatoms. The number of benzene rings is 2. The van der Waals surface area contributed by atoms with E-state index in [1.807, 2.05) is 24.4 Å². The number of hydrogen-bond acceptors (Lipinski definition) is 3. The Morgan fingerprint density at radius 2 is 2.09 bits per heavy atom. The minimum atomic E-state index is 0.585. The number of aryl methyl sites for hydroxylation is 1. The first-order valence-corrected chi connectivity index (χ1v) is 7.37. The van der Waals surface area contributed by atoms with E-state index in [9.17, 15) is 4.79 Å². The lowest BCUT2D eigenvalue weighted by Gasteiger charge is -1.98. The number of aromatic amines is 1. The van der Waals surface area contributed by atoms with Crippen molar-refractivity contribution in [2.75, 3.05) is 5.32 Å². The Morgan fingerprint density at radius 3 is 2.70 bits per heavy atom. The van der Waals surface area contributed by atoms with Crippen LogP contribution >= 0.6 is 11.6 Å². The Balaban J connectivity index is 0.000000168. The molecule has 23 heavy (non-hydrogen) atoms. The lowest BCUT2D eigenvalue weighted by molar-refractivity contribution is -0.105. The molecule has 2 N–H and O–H groups in total. The topological polar surface area (TPSA) is 81.6 Å². The van der Waals surface area contributed by atoms with Crippen LogP contribution in [-0.2, 0) is 11.2 Å². The molecule has 1 aromatic heterocycles. The summed E-state index contributed by atoms with van der Waals surface area (Å²) < 4.78 is 0. The molecule has 116 valence electrons. The first-order valence-electron chi connectivity index (χ1n) is 6.99. The van der Waals surface area contributed by atoms with Crippen LogP contribution in [0.4, 0.5) is 5.69 Å². The SMILES string of the molecule is CCc1cc(Cl)cc2[nH]ncc12.N#Cc1ccc(NC=O)cc1. The molecule has 0 aliphatic heterocycles. The first kappa shape index (κ1) is 16.5. The third-order valence-electron chi connectivity index (χ3n) is 3.23. The lowest BCUT2D eigenvalue weighted by atomic mass is 10.1. The van der Waals surface area contributed by atoms with Crippen molar-refractivity contribution in [1.29, 1.82) is 5.26 Å². The van der Waals surface area contributed by atoms with Gasteiger partial charge in [-0.1, -0.05) is 18.5 Å². The third kappa shape index (κ3) is 4.31. The van der Waals surface area contributed by atoms with Gasteiger partial charge < -0.3 is 5.32 Å². The van der Waals surface area contributed by atoms with Crippen molar-refractivity contribution in [3.63, 3.8) is 0 Å². The molecule has 0 spiro atoms. The van der Waals surface area contributed by atoms with E-state index in [4.69, 9.17) is 16.9 Å². The van der Waals surface area contributed by atoms with Crippen LogP contribution in [-0.4, -0.2) is 16.6 Å². The average Bonchev–Trinajstić information content (AvgIpc) is 3.04. The highest BCUT2D eigenvalue weighted by Gasteiger charge is 2.02. The molecule has 2 aromatic carbocycles. The van der Waals surface area contributed by atoms with E-state index >= 15 is 0 Å². The molecule has 0 atom stereocenters. The van der Waals surface area contributed by atoms with Gasteiger partial charge in [0, 0.05) is 16.1 Å². The number of H-pyrrole nitrogens is 1. The van der Waals surface area contributed by atoms with Gasteiger partial charge in [-0.05, 0) is 48.4 Å². The van der Waals surface area contributed by atoms with Crippen molar-refractivity contribution in [3.05, 3.63) is 58.7 Å². The summed E-state index contributed by atoms with van der Waals surface area (Å²) in [4.78, 5) is 9.95. The molecule has 0 bridgehead atoms. The molecule has 0 saturated carbocycles. The van der Waals surface area contributed by atoms with Gasteiger partial charge in [0.05, 0.1) is 23.3 Å². The van der Waals surface area contributed by atoms with Crippen LogP contribution < -0.4 is 5.32 Å². The van der Waals surface area contributed by atoms with Gasteiger partial charge in [-0.25, -0.2) is 0 Å². The van der Waals surface area contributed by atoms with Crippen LogP contribution in [0.15, 0.2) is 42.6 Å². The second kappa shape index (κ2) is 7.97. The number of carbonyl (C=O) groups excluding carboxylic acids is 1. The molecule has 1 amide bonds. The molecule has 0 radical (unpaired) electrons. The van der Waals surface area contributed by atoms with E-state index in [1.54, 1.807) is 24.3 Å². The van der Waals surface area contributed by atoms with E-state index in [0.717, 1.165) is 17.0 Å². The summed E-state index contributed by atoms with van der Waals surface area (Å²) in [5.74, 6) is 0. The van der Waals surface area contributed by atoms with Crippen LogP contribution in [0.2, 0.25) is 5.02 Å². The third-order valence-corrected chi connectivity index (χ3v) is 3.45. The summed E-state index contributed by atoms with van der Waals surface area (Å²) >= 11 is 5.91. The van der Waals surface area contributed by atoms with Crippen LogP contribution in [0.25, 0.3) is 10.9 Å². The average molecular weight is 327 g/mol. The highest BCUT2D eigenvalue weighted by atomic mass is 35.5. The molecule has 3 aromatic rings. The van der Waals surface area contributed by atoms with Crippen molar-refractivity contribution in [2.45, 2.75) is 13.3 Å². The maximum atomic E-state index is 9.95. The van der Waals surface area contributed by atoms with E-state index in [2.05, 4.69) is 22.4 Å². The number of aromatic nitrogens is 2. The van der Waals surface area contributed by atoms with E-state index in [1.165, 1.54) is 10.9 Å². The molecule has 0 unspecified atom stereocenters. The summed E-state index contributed by atoms with van der Waals surface area (Å²) in [6.45, 7) is 2.11. The zero-order chi connectivity index (χ0) is 16.7. The highest BCUT2D eigenvalue weighted by molar-refractivity contribution is 6.31. The standard InChI is InChI=1S/C9H9ClN2.C8H6N2O/c1-2-6-3-7(10)4-9-8(6)5-11-12-9;9-5-7-1-3-8(4-2-7)10-6-11/h3-5H,2H2,1H3,(H,11,12);1-4,6H,(H,10,11). The summed E-state index contributed by atoms with van der Waals surface area (Å²) in [6, 6.07) is 12.5. The maximum Gasteiger partial charge on any atom is 0.211 e. The summed E-state index contributed by atoms with van der Waals surface area (Å²) in [5, 5.41) is 19.7. The normalized spacial score (nSPS) is 9.61. The van der Waals surface area contributed by atoms with Crippen LogP contribution in [0.5, 0.6) is 0 Å². The van der Waals surface area contributed by atoms with Gasteiger partial charge in [0.25, 0.3) is 0 Å². The smallest absolute Gasteiger partial charge is 0.211 e. The van der Waals surface area contributed by atoms with Crippen molar-refractivity contribution >= 4 is 34.6 Å². The number of halogens is 1. The van der Waals surface area contributed by atoms with E-state index in [-0.39, 0.29) is 0 Å². The number of nitrogens with one attached hydrogen (secondary N) is 2. The summed E-state index contributed by atoms with van der Waals surface area (Å²) in [7, 11) is 0. The fraction of sp³-hybridized carbons (Fsp3) is 0.118. The van der Waals surface area contributed by atoms with E-state index < -0.39 is 0 Å². The van der Waals surface area contributed by atoms with E-state index in [0.29, 0.717) is 17.7 Å². The number of fused-ring (bicyclic) bond motifs is 1. The van der Waals surface area contributed by atoms with Gasteiger partial charge in [0.2, 0.25) is 6.41 Å². The number of rotatable bonds is 3. The van der Waals surface area contributed by atoms with Gasteiger partial charge in [0.15, 0.2) is 0 Å². The second-order valence-corrected chi connectivity index (χ2v) is 5.14. The lowest BCUT2D eigenvalue weighted by Crippen LogP contribution is -1.92. The zero-order valence-electron chi connectivity index (χ0n) is 12.5. The van der Waals surface area contributed by atoms with Crippen LogP contribution in [0.1, 0.15) is 18.1 Å². The van der Waals surface area contributed by atoms with Gasteiger partial charge in [-0.2, -0.15) is 10.4 Å². The minimum absolute atomic E-state index is 0.585. The molecule has 3 rings (SSSR count). The predicted octanol–water partition coefficient (Wildman–Crippen LogP) is 3.91. The van der Waals surface area contributed by atoms with Crippen molar-refractivity contribution in [2.24, 2.45) is 0 Å². The molecule has 5 nitrogen and oxygen atoms in total. The minimum Gasteiger partial charge on any atom is -0.329 e. The summed E-state index contributed by atoms with van der Waals surface area (Å²) in [6.07, 6.45) is 3.42. The van der Waals surface area contributed by atoms with Crippen LogP contribution in [0, 0.1) is 11.3 Å². The Labute approximate surface area is 138 Å². The summed E-state index contributed by atoms with van der Waals surface area (Å²) in [5.41, 5.74) is 3.53. The largest absolute Gasteiger partial charge is 0.329 e. The Kier molecular flexibility index (Phi) is 5.73. The number of nitriles is 1. The Hall–Kier alpha value is -2.84. The Bertz CT molecular complexity index is 834. The molecule has 0 saturated heterocycles. The van der Waals surface area contributed by atoms with Gasteiger partial charge in [0.1, 0.15) is 0 Å². The maximum absolute atomic E-state index is 9.95. The van der Waals surface area contributed by atoms with Gasteiger partial charge in [-0.15, -0.1) is 0 Å². The Morgan fingerprint density at radius 1 is 1.35 bits per heavy atom.